The summed E-state index contributed by atoms with van der Waals surface area (Å²) in [6.45, 7) is 10.9. The van der Waals surface area contributed by atoms with Gasteiger partial charge in [-0.3, -0.25) is 4.90 Å². The van der Waals surface area contributed by atoms with E-state index in [0.29, 0.717) is 12.3 Å². The second-order valence-corrected chi connectivity index (χ2v) is 7.25. The first kappa shape index (κ1) is 18.4. The number of nitrogens with zero attached hydrogens (tertiary/aromatic N) is 3. The fraction of sp³-hybridized carbons (Fsp3) is 0.611. The Labute approximate surface area is 144 Å². The summed E-state index contributed by atoms with van der Waals surface area (Å²) in [7, 11) is 1.78. The highest BCUT2D eigenvalue weighted by Crippen LogP contribution is 2.19. The Kier molecular flexibility index (Phi) is 5.94. The van der Waals surface area contributed by atoms with Crippen LogP contribution in [0.3, 0.4) is 0 Å². The zero-order valence-electron chi connectivity index (χ0n) is 15.2. The first-order chi connectivity index (χ1) is 11.2. The maximum Gasteiger partial charge on any atom is 0.410 e. The normalized spacial score (nSPS) is 16.1. The van der Waals surface area contributed by atoms with Gasteiger partial charge in [-0.2, -0.15) is 0 Å². The number of carbonyl (C=O) groups is 1. The summed E-state index contributed by atoms with van der Waals surface area (Å²) in [6, 6.07) is 7.33. The molecule has 6 nitrogen and oxygen atoms in total. The molecule has 0 saturated carbocycles. The summed E-state index contributed by atoms with van der Waals surface area (Å²) in [5, 5.41) is 9.37. The molecule has 1 saturated heterocycles. The van der Waals surface area contributed by atoms with Gasteiger partial charge in [-0.25, -0.2) is 4.79 Å². The smallest absolute Gasteiger partial charge is 0.410 e. The van der Waals surface area contributed by atoms with Gasteiger partial charge in [0.2, 0.25) is 0 Å². The molecule has 6 heteroatoms. The predicted octanol–water partition coefficient (Wildman–Crippen LogP) is 2.38. The Bertz CT molecular complexity index is 531. The summed E-state index contributed by atoms with van der Waals surface area (Å²) in [6.07, 6.45) is -0.273. The van der Waals surface area contributed by atoms with E-state index in [1.54, 1.807) is 24.1 Å². The lowest BCUT2D eigenvalue weighted by Crippen LogP contribution is -2.49. The molecular weight excluding hydrogens is 306 g/mol. The number of hydrogen-bond donors (Lipinski definition) is 1. The zero-order valence-corrected chi connectivity index (χ0v) is 15.2. The fourth-order valence-corrected chi connectivity index (χ4v) is 2.62. The molecule has 24 heavy (non-hydrogen) atoms. The molecule has 0 unspecified atom stereocenters. The van der Waals surface area contributed by atoms with E-state index >= 15 is 0 Å². The number of benzene rings is 1. The van der Waals surface area contributed by atoms with Gasteiger partial charge < -0.3 is 19.6 Å². The molecule has 0 bridgehead atoms. The second-order valence-electron chi connectivity index (χ2n) is 7.25. The van der Waals surface area contributed by atoms with Crippen molar-refractivity contribution >= 4 is 11.8 Å². The molecule has 2 rings (SSSR count). The number of phenols is 1. The SMILES string of the molecule is CN(CCN1CCN(c2ccc(O)cc2)CC1)C(=O)OC(C)(C)C. The topological polar surface area (TPSA) is 56.2 Å². The standard InChI is InChI=1S/C18H29N3O3/c1-18(2,3)24-17(23)19(4)9-10-20-11-13-21(14-12-20)15-5-7-16(22)8-6-15/h5-8,22H,9-14H2,1-4H3. The van der Waals surface area contributed by atoms with Crippen molar-refractivity contribution in [1.29, 1.82) is 0 Å². The summed E-state index contributed by atoms with van der Waals surface area (Å²) in [4.78, 5) is 18.3. The Hall–Kier alpha value is -1.95. The molecule has 1 aromatic rings. The Morgan fingerprint density at radius 3 is 2.29 bits per heavy atom. The number of amides is 1. The Morgan fingerprint density at radius 1 is 1.17 bits per heavy atom. The number of piperazine rings is 1. The van der Waals surface area contributed by atoms with Gasteiger partial charge in [0, 0.05) is 52.0 Å². The molecule has 1 fully saturated rings. The fourth-order valence-electron chi connectivity index (χ4n) is 2.62. The lowest BCUT2D eigenvalue weighted by Gasteiger charge is -2.36. The highest BCUT2D eigenvalue weighted by Gasteiger charge is 2.21. The van der Waals surface area contributed by atoms with Crippen LogP contribution in [0.15, 0.2) is 24.3 Å². The van der Waals surface area contributed by atoms with Crippen molar-refractivity contribution in [3.05, 3.63) is 24.3 Å². The van der Waals surface area contributed by atoms with Crippen LogP contribution < -0.4 is 4.90 Å². The van der Waals surface area contributed by atoms with Gasteiger partial charge >= 0.3 is 6.09 Å². The summed E-state index contributed by atoms with van der Waals surface area (Å²) >= 11 is 0. The summed E-state index contributed by atoms with van der Waals surface area (Å²) < 4.78 is 5.36. The van der Waals surface area contributed by atoms with E-state index in [0.717, 1.165) is 38.4 Å². The van der Waals surface area contributed by atoms with E-state index in [1.165, 1.54) is 0 Å². The van der Waals surface area contributed by atoms with Gasteiger partial charge in [0.05, 0.1) is 0 Å². The quantitative estimate of drug-likeness (QED) is 0.915. The largest absolute Gasteiger partial charge is 0.508 e. The van der Waals surface area contributed by atoms with Crippen LogP contribution in [0, 0.1) is 0 Å². The second kappa shape index (κ2) is 7.75. The van der Waals surface area contributed by atoms with Gasteiger partial charge in [0.25, 0.3) is 0 Å². The number of aromatic hydroxyl groups is 1. The molecule has 1 heterocycles. The molecule has 0 radical (unpaired) electrons. The van der Waals surface area contributed by atoms with Crippen molar-refractivity contribution in [2.24, 2.45) is 0 Å². The minimum Gasteiger partial charge on any atom is -0.508 e. The van der Waals surface area contributed by atoms with Crippen LogP contribution in [0.1, 0.15) is 20.8 Å². The lowest BCUT2D eigenvalue weighted by atomic mass is 10.2. The number of anilines is 1. The first-order valence-electron chi connectivity index (χ1n) is 8.45. The van der Waals surface area contributed by atoms with E-state index < -0.39 is 5.60 Å². The molecule has 0 aromatic heterocycles. The van der Waals surface area contributed by atoms with Crippen molar-refractivity contribution in [2.45, 2.75) is 26.4 Å². The van der Waals surface area contributed by atoms with Crippen molar-refractivity contribution < 1.29 is 14.6 Å². The average Bonchev–Trinajstić information content (AvgIpc) is 2.52. The van der Waals surface area contributed by atoms with Gasteiger partial charge in [0.1, 0.15) is 11.4 Å². The molecule has 0 atom stereocenters. The number of phenolic OH excluding ortho intramolecular Hbond substituents is 1. The van der Waals surface area contributed by atoms with E-state index in [4.69, 9.17) is 4.74 Å². The third-order valence-corrected chi connectivity index (χ3v) is 4.04. The molecule has 1 amide bonds. The van der Waals surface area contributed by atoms with Crippen LogP contribution >= 0.6 is 0 Å². The van der Waals surface area contributed by atoms with Gasteiger partial charge in [0.15, 0.2) is 0 Å². The number of carbonyl (C=O) groups excluding carboxylic acids is 1. The number of ether oxygens (including phenoxy) is 1. The van der Waals surface area contributed by atoms with Crippen LogP contribution in [0.25, 0.3) is 0 Å². The molecule has 1 aliphatic heterocycles. The van der Waals surface area contributed by atoms with E-state index in [2.05, 4.69) is 9.80 Å². The van der Waals surface area contributed by atoms with Crippen LogP contribution in [-0.4, -0.2) is 72.9 Å². The van der Waals surface area contributed by atoms with Crippen molar-refractivity contribution in [3.8, 4) is 5.75 Å². The molecule has 1 N–H and O–H groups in total. The molecule has 0 aliphatic carbocycles. The average molecular weight is 335 g/mol. The van der Waals surface area contributed by atoms with Crippen molar-refractivity contribution in [1.82, 2.24) is 9.80 Å². The molecule has 1 aromatic carbocycles. The van der Waals surface area contributed by atoms with Crippen LogP contribution in [-0.2, 0) is 4.74 Å². The number of likely N-dealkylation sites (N-methyl/N-ethyl adjacent to an activating group) is 1. The Balaban J connectivity index is 1.73. The van der Waals surface area contributed by atoms with Gasteiger partial charge in [-0.05, 0) is 45.0 Å². The monoisotopic (exact) mass is 335 g/mol. The predicted molar refractivity (Wildman–Crippen MR) is 95.6 cm³/mol. The highest BCUT2D eigenvalue weighted by molar-refractivity contribution is 5.67. The van der Waals surface area contributed by atoms with E-state index in [-0.39, 0.29) is 6.09 Å². The minimum absolute atomic E-state index is 0.273. The van der Waals surface area contributed by atoms with Crippen LogP contribution in [0.5, 0.6) is 5.75 Å². The van der Waals surface area contributed by atoms with Gasteiger partial charge in [-0.15, -0.1) is 0 Å². The van der Waals surface area contributed by atoms with Crippen LogP contribution in [0.2, 0.25) is 0 Å². The summed E-state index contributed by atoms with van der Waals surface area (Å²) in [5.41, 5.74) is 0.680. The molecule has 1 aliphatic rings. The van der Waals surface area contributed by atoms with Gasteiger partial charge in [-0.1, -0.05) is 0 Å². The highest BCUT2D eigenvalue weighted by atomic mass is 16.6. The van der Waals surface area contributed by atoms with E-state index in [9.17, 15) is 9.90 Å². The maximum atomic E-state index is 12.0. The maximum absolute atomic E-state index is 12.0. The van der Waals surface area contributed by atoms with Crippen molar-refractivity contribution in [2.75, 3.05) is 51.2 Å². The molecule has 134 valence electrons. The minimum atomic E-state index is -0.457. The number of rotatable bonds is 4. The van der Waals surface area contributed by atoms with Crippen molar-refractivity contribution in [3.63, 3.8) is 0 Å². The van der Waals surface area contributed by atoms with E-state index in [1.807, 2.05) is 32.9 Å². The van der Waals surface area contributed by atoms with Crippen LogP contribution in [0.4, 0.5) is 10.5 Å². The number of hydrogen-bond acceptors (Lipinski definition) is 5. The lowest BCUT2D eigenvalue weighted by molar-refractivity contribution is 0.0282. The summed E-state index contributed by atoms with van der Waals surface area (Å²) in [5.74, 6) is 0.294. The zero-order chi connectivity index (χ0) is 17.7. The molecular formula is C18H29N3O3. The first-order valence-corrected chi connectivity index (χ1v) is 8.45. The Morgan fingerprint density at radius 2 is 1.75 bits per heavy atom. The third-order valence-electron chi connectivity index (χ3n) is 4.04. The molecule has 0 spiro atoms. The third kappa shape index (κ3) is 5.60.